The van der Waals surface area contributed by atoms with E-state index in [1.807, 2.05) is 4.90 Å². The Bertz CT molecular complexity index is 727. The zero-order valence-corrected chi connectivity index (χ0v) is 14.4. The predicted octanol–water partition coefficient (Wildman–Crippen LogP) is 4.13. The number of aromatic nitrogens is 1. The second kappa shape index (κ2) is 7.42. The molecule has 24 heavy (non-hydrogen) atoms. The van der Waals surface area contributed by atoms with Gasteiger partial charge in [-0.25, -0.2) is 8.78 Å². The van der Waals surface area contributed by atoms with Gasteiger partial charge in [0, 0.05) is 38.4 Å². The lowest BCUT2D eigenvalue weighted by Crippen LogP contribution is -2.41. The minimum atomic E-state index is -0.674. The molecular weight excluding hydrogens is 334 g/mol. The number of amides is 1. The Morgan fingerprint density at radius 2 is 2.12 bits per heavy atom. The molecule has 4 nitrogen and oxygen atoms in total. The summed E-state index contributed by atoms with van der Waals surface area (Å²) in [6, 6.07) is 2.09. The van der Waals surface area contributed by atoms with Gasteiger partial charge in [0.1, 0.15) is 17.4 Å². The molecule has 1 aromatic heterocycles. The first-order valence-corrected chi connectivity index (χ1v) is 9.08. The lowest BCUT2D eigenvalue weighted by Gasteiger charge is -2.31. The first kappa shape index (κ1) is 17.1. The highest BCUT2D eigenvalue weighted by molar-refractivity contribution is 7.20. The lowest BCUT2D eigenvalue weighted by molar-refractivity contribution is -0.133. The molecule has 1 aliphatic heterocycles. The Kier molecular flexibility index (Phi) is 5.28. The van der Waals surface area contributed by atoms with Crippen LogP contribution in [0.25, 0.3) is 10.2 Å². The number of fused-ring (bicyclic) bond motifs is 1. The van der Waals surface area contributed by atoms with E-state index in [1.54, 1.807) is 0 Å². The topological polar surface area (TPSA) is 42.4 Å². The lowest BCUT2D eigenvalue weighted by atomic mass is 10.1. The van der Waals surface area contributed by atoms with Crippen LogP contribution < -0.4 is 4.74 Å². The molecule has 0 saturated carbocycles. The minimum absolute atomic E-state index is 0.0475. The Balaban J connectivity index is 1.58. The molecule has 2 heterocycles. The van der Waals surface area contributed by atoms with Gasteiger partial charge >= 0.3 is 0 Å². The Hall–Kier alpha value is -1.76. The third-order valence-corrected chi connectivity index (χ3v) is 5.09. The van der Waals surface area contributed by atoms with Crippen molar-refractivity contribution in [1.82, 2.24) is 9.88 Å². The van der Waals surface area contributed by atoms with Crippen LogP contribution in [0, 0.1) is 11.6 Å². The summed E-state index contributed by atoms with van der Waals surface area (Å²) in [7, 11) is 0. The Morgan fingerprint density at radius 3 is 2.83 bits per heavy atom. The number of unbranched alkanes of at least 4 members (excludes halogenated alkanes) is 1. The van der Waals surface area contributed by atoms with Crippen molar-refractivity contribution in [3.05, 3.63) is 23.8 Å². The zero-order chi connectivity index (χ0) is 17.1. The van der Waals surface area contributed by atoms with Crippen molar-refractivity contribution in [2.45, 2.75) is 45.1 Å². The van der Waals surface area contributed by atoms with Crippen LogP contribution in [0.5, 0.6) is 5.19 Å². The van der Waals surface area contributed by atoms with Crippen LogP contribution in [0.4, 0.5) is 8.78 Å². The number of likely N-dealkylation sites (tertiary alicyclic amines) is 1. The van der Waals surface area contributed by atoms with Crippen LogP contribution >= 0.6 is 11.3 Å². The number of halogens is 2. The molecule has 2 aromatic rings. The molecule has 130 valence electrons. The quantitative estimate of drug-likeness (QED) is 0.811. The molecule has 0 N–H and O–H groups in total. The van der Waals surface area contributed by atoms with E-state index in [2.05, 4.69) is 11.9 Å². The highest BCUT2D eigenvalue weighted by Crippen LogP contribution is 2.31. The maximum absolute atomic E-state index is 13.7. The molecular formula is C17H20F2N2O2S. The molecule has 0 unspecified atom stereocenters. The fourth-order valence-corrected chi connectivity index (χ4v) is 3.76. The molecule has 1 fully saturated rings. The molecule has 0 aliphatic carbocycles. The number of carbonyl (C=O) groups is 1. The third kappa shape index (κ3) is 3.83. The number of thiazole rings is 1. The second-order valence-corrected chi connectivity index (χ2v) is 7.01. The summed E-state index contributed by atoms with van der Waals surface area (Å²) in [5.41, 5.74) is 0.142. The van der Waals surface area contributed by atoms with Crippen LogP contribution in [0.15, 0.2) is 12.1 Å². The molecule has 0 atom stereocenters. The number of nitrogens with zero attached hydrogens (tertiary/aromatic N) is 2. The molecule has 0 bridgehead atoms. The van der Waals surface area contributed by atoms with Gasteiger partial charge in [0.05, 0.1) is 4.70 Å². The van der Waals surface area contributed by atoms with E-state index < -0.39 is 11.6 Å². The van der Waals surface area contributed by atoms with Gasteiger partial charge in [-0.3, -0.25) is 4.79 Å². The summed E-state index contributed by atoms with van der Waals surface area (Å²) in [6.07, 6.45) is 3.94. The monoisotopic (exact) mass is 354 g/mol. The number of benzene rings is 1. The molecule has 0 radical (unpaired) electrons. The van der Waals surface area contributed by atoms with Gasteiger partial charge in [0.15, 0.2) is 5.82 Å². The zero-order valence-electron chi connectivity index (χ0n) is 13.6. The van der Waals surface area contributed by atoms with E-state index in [-0.39, 0.29) is 17.5 Å². The smallest absolute Gasteiger partial charge is 0.274 e. The van der Waals surface area contributed by atoms with E-state index in [0.29, 0.717) is 29.4 Å². The van der Waals surface area contributed by atoms with Gasteiger partial charge in [-0.15, -0.1) is 0 Å². The molecule has 1 aliphatic rings. The van der Waals surface area contributed by atoms with E-state index >= 15 is 0 Å². The predicted molar refractivity (Wildman–Crippen MR) is 89.3 cm³/mol. The third-order valence-electron chi connectivity index (χ3n) is 4.20. The van der Waals surface area contributed by atoms with Gasteiger partial charge < -0.3 is 9.64 Å². The largest absolute Gasteiger partial charge is 0.467 e. The number of hydrogen-bond acceptors (Lipinski definition) is 4. The highest BCUT2D eigenvalue weighted by Gasteiger charge is 2.24. The average molecular weight is 354 g/mol. The number of rotatable bonds is 5. The SMILES string of the molecule is CCCCC(=O)N1CCC(Oc2nc3c(F)cc(F)cc3s2)CC1. The van der Waals surface area contributed by atoms with Crippen molar-refractivity contribution in [1.29, 1.82) is 0 Å². The van der Waals surface area contributed by atoms with E-state index in [4.69, 9.17) is 4.74 Å². The molecule has 1 saturated heterocycles. The summed E-state index contributed by atoms with van der Waals surface area (Å²) < 4.78 is 33.2. The summed E-state index contributed by atoms with van der Waals surface area (Å²) in [5, 5.41) is 0.352. The number of piperidine rings is 1. The average Bonchev–Trinajstić information content (AvgIpc) is 2.96. The van der Waals surface area contributed by atoms with Gasteiger partial charge in [0.25, 0.3) is 5.19 Å². The molecule has 0 spiro atoms. The van der Waals surface area contributed by atoms with Crippen molar-refractivity contribution < 1.29 is 18.3 Å². The summed E-state index contributed by atoms with van der Waals surface area (Å²) >= 11 is 1.14. The molecule has 1 amide bonds. The Labute approximate surface area is 143 Å². The van der Waals surface area contributed by atoms with Crippen molar-refractivity contribution >= 4 is 27.5 Å². The van der Waals surface area contributed by atoms with E-state index in [1.165, 1.54) is 6.07 Å². The van der Waals surface area contributed by atoms with Crippen molar-refractivity contribution in [3.63, 3.8) is 0 Å². The number of hydrogen-bond donors (Lipinski definition) is 0. The first-order chi connectivity index (χ1) is 11.6. The van der Waals surface area contributed by atoms with Gasteiger partial charge in [-0.1, -0.05) is 24.7 Å². The van der Waals surface area contributed by atoms with E-state index in [0.717, 1.165) is 43.1 Å². The summed E-state index contributed by atoms with van der Waals surface area (Å²) in [4.78, 5) is 18.0. The van der Waals surface area contributed by atoms with Gasteiger partial charge in [-0.05, 0) is 12.5 Å². The standard InChI is InChI=1S/C17H20F2N2O2S/c1-2-3-4-15(22)21-7-5-12(6-8-21)23-17-20-16-13(19)9-11(18)10-14(16)24-17/h9-10,12H,2-8H2,1H3. The maximum atomic E-state index is 13.7. The van der Waals surface area contributed by atoms with Crippen LogP contribution in [0.2, 0.25) is 0 Å². The molecule has 7 heteroatoms. The van der Waals surface area contributed by atoms with Crippen LogP contribution in [0.1, 0.15) is 39.0 Å². The van der Waals surface area contributed by atoms with Crippen molar-refractivity contribution in [2.75, 3.05) is 13.1 Å². The highest BCUT2D eigenvalue weighted by atomic mass is 32.1. The number of carbonyl (C=O) groups excluding carboxylic acids is 1. The molecule has 3 rings (SSSR count). The normalized spacial score (nSPS) is 15.9. The van der Waals surface area contributed by atoms with Crippen LogP contribution in [-0.4, -0.2) is 35.0 Å². The van der Waals surface area contributed by atoms with Gasteiger partial charge in [0.2, 0.25) is 5.91 Å². The minimum Gasteiger partial charge on any atom is -0.467 e. The van der Waals surface area contributed by atoms with E-state index in [9.17, 15) is 13.6 Å². The fourth-order valence-electron chi connectivity index (χ4n) is 2.84. The van der Waals surface area contributed by atoms with Crippen LogP contribution in [0.3, 0.4) is 0 Å². The maximum Gasteiger partial charge on any atom is 0.274 e. The van der Waals surface area contributed by atoms with Crippen molar-refractivity contribution in [2.24, 2.45) is 0 Å². The summed E-state index contributed by atoms with van der Waals surface area (Å²) in [5.74, 6) is -1.09. The summed E-state index contributed by atoms with van der Waals surface area (Å²) in [6.45, 7) is 3.41. The Morgan fingerprint density at radius 1 is 1.38 bits per heavy atom. The number of ether oxygens (including phenoxy) is 1. The first-order valence-electron chi connectivity index (χ1n) is 8.27. The molecule has 1 aromatic carbocycles. The van der Waals surface area contributed by atoms with Gasteiger partial charge in [-0.2, -0.15) is 4.98 Å². The second-order valence-electron chi connectivity index (χ2n) is 6.02. The fraction of sp³-hybridized carbons (Fsp3) is 0.529. The van der Waals surface area contributed by atoms with Crippen molar-refractivity contribution in [3.8, 4) is 5.19 Å². The van der Waals surface area contributed by atoms with Crippen LogP contribution in [-0.2, 0) is 4.79 Å².